The maximum atomic E-state index is 13.4. The first kappa shape index (κ1) is 24.1. The van der Waals surface area contributed by atoms with E-state index in [0.29, 0.717) is 30.8 Å². The number of unbranched alkanes of at least 4 members (excludes halogenated alkanes) is 2. The number of Topliss-reactive ketones (excluding diaryl/α,β-unsaturated/α-hetero) is 1. The third-order valence-corrected chi connectivity index (χ3v) is 6.18. The molecule has 1 aromatic carbocycles. The summed E-state index contributed by atoms with van der Waals surface area (Å²) in [6.45, 7) is 11.3. The van der Waals surface area contributed by atoms with Crippen LogP contribution in [-0.4, -0.2) is 25.0 Å². The van der Waals surface area contributed by atoms with Gasteiger partial charge in [0.25, 0.3) is 0 Å². The lowest BCUT2D eigenvalue weighted by molar-refractivity contribution is -0.139. The van der Waals surface area contributed by atoms with Crippen LogP contribution in [0.5, 0.6) is 5.75 Å². The zero-order chi connectivity index (χ0) is 23.3. The maximum absolute atomic E-state index is 13.4. The number of hydrogen-bond donors (Lipinski definition) is 1. The Kier molecular flexibility index (Phi) is 7.81. The molecule has 0 fully saturated rings. The van der Waals surface area contributed by atoms with Crippen molar-refractivity contribution in [3.63, 3.8) is 0 Å². The molecular formula is C27H37NO4. The van der Waals surface area contributed by atoms with Crippen molar-refractivity contribution < 1.29 is 19.1 Å². The Hall–Kier alpha value is -2.56. The quantitative estimate of drug-likeness (QED) is 0.388. The van der Waals surface area contributed by atoms with Gasteiger partial charge in [-0.05, 0) is 37.7 Å². The fourth-order valence-corrected chi connectivity index (χ4v) is 4.58. The number of nitrogens with one attached hydrogen (secondary N) is 1. The van der Waals surface area contributed by atoms with E-state index in [4.69, 9.17) is 9.47 Å². The van der Waals surface area contributed by atoms with Gasteiger partial charge in [0.2, 0.25) is 0 Å². The highest BCUT2D eigenvalue weighted by molar-refractivity contribution is 6.04. The molecule has 0 amide bonds. The second kappa shape index (κ2) is 10.4. The number of benzene rings is 1. The largest absolute Gasteiger partial charge is 0.493 e. The van der Waals surface area contributed by atoms with Crippen LogP contribution in [-0.2, 0) is 14.3 Å². The molecule has 1 unspecified atom stereocenters. The summed E-state index contributed by atoms with van der Waals surface area (Å²) in [4.78, 5) is 26.7. The number of carbonyl (C=O) groups excluding carboxylic acids is 2. The first-order valence-electron chi connectivity index (χ1n) is 11.9. The number of rotatable bonds is 9. The summed E-state index contributed by atoms with van der Waals surface area (Å²) < 4.78 is 11.7. The number of allylic oxidation sites excluding steroid dienone is 3. The zero-order valence-corrected chi connectivity index (χ0v) is 20.2. The van der Waals surface area contributed by atoms with Crippen molar-refractivity contribution in [1.29, 1.82) is 0 Å². The van der Waals surface area contributed by atoms with Crippen LogP contribution in [0.15, 0.2) is 46.8 Å². The lowest BCUT2D eigenvalue weighted by atomic mass is 9.68. The van der Waals surface area contributed by atoms with Crippen LogP contribution in [0.4, 0.5) is 0 Å². The van der Waals surface area contributed by atoms with Crippen molar-refractivity contribution in [3.8, 4) is 5.75 Å². The fourth-order valence-electron chi connectivity index (χ4n) is 4.58. The summed E-state index contributed by atoms with van der Waals surface area (Å²) in [5.41, 5.74) is 3.60. The fraction of sp³-hybridized carbons (Fsp3) is 0.556. The Morgan fingerprint density at radius 2 is 1.78 bits per heavy atom. The Balaban J connectivity index is 2.09. The van der Waals surface area contributed by atoms with E-state index in [9.17, 15) is 9.59 Å². The Bertz CT molecular complexity index is 925. The summed E-state index contributed by atoms with van der Waals surface area (Å²) in [5, 5.41) is 3.39. The van der Waals surface area contributed by atoms with Crippen LogP contribution in [0.3, 0.4) is 0 Å². The van der Waals surface area contributed by atoms with E-state index in [0.717, 1.165) is 54.8 Å². The van der Waals surface area contributed by atoms with E-state index in [1.54, 1.807) is 0 Å². The lowest BCUT2D eigenvalue weighted by Crippen LogP contribution is -2.38. The Morgan fingerprint density at radius 1 is 1.09 bits per heavy atom. The summed E-state index contributed by atoms with van der Waals surface area (Å²) in [5.74, 6) is -0.0322. The zero-order valence-electron chi connectivity index (χ0n) is 20.2. The highest BCUT2D eigenvalue weighted by Crippen LogP contribution is 2.48. The van der Waals surface area contributed by atoms with Gasteiger partial charge in [0.15, 0.2) is 5.78 Å². The van der Waals surface area contributed by atoms with E-state index in [1.165, 1.54) is 0 Å². The standard InChI is InChI=1S/C27H37NO4/c1-6-8-14-31-22-13-11-10-12-19(22)24-23(26(30)32-15-9-7-2)18(3)28-20-16-27(4,5)17-21(29)25(20)24/h10-13,24,28H,6-9,14-17H2,1-5H3. The highest BCUT2D eigenvalue weighted by atomic mass is 16.5. The van der Waals surface area contributed by atoms with E-state index in [2.05, 4.69) is 33.0 Å². The molecule has 5 nitrogen and oxygen atoms in total. The van der Waals surface area contributed by atoms with Gasteiger partial charge in [-0.25, -0.2) is 4.79 Å². The predicted octanol–water partition coefficient (Wildman–Crippen LogP) is 5.81. The number of dihydropyridines is 1. The summed E-state index contributed by atoms with van der Waals surface area (Å²) in [6.07, 6.45) is 4.96. The molecule has 0 bridgehead atoms. The highest BCUT2D eigenvalue weighted by Gasteiger charge is 2.43. The number of esters is 1. The SMILES string of the molecule is CCCCOC(=O)C1=C(C)NC2=C(C(=O)CC(C)(C)C2)C1c1ccccc1OCCCC. The summed E-state index contributed by atoms with van der Waals surface area (Å²) in [6, 6.07) is 7.78. The minimum absolute atomic E-state index is 0.0865. The topological polar surface area (TPSA) is 64.6 Å². The van der Waals surface area contributed by atoms with Crippen molar-refractivity contribution in [2.75, 3.05) is 13.2 Å². The lowest BCUT2D eigenvalue weighted by Gasteiger charge is -2.39. The molecule has 1 N–H and O–H groups in total. The van der Waals surface area contributed by atoms with E-state index in [-0.39, 0.29) is 17.2 Å². The number of carbonyl (C=O) groups is 2. The van der Waals surface area contributed by atoms with Crippen LogP contribution in [0, 0.1) is 5.41 Å². The van der Waals surface area contributed by atoms with Gasteiger partial charge in [-0.15, -0.1) is 0 Å². The molecule has 1 aliphatic carbocycles. The first-order chi connectivity index (χ1) is 15.3. The van der Waals surface area contributed by atoms with Crippen molar-refractivity contribution >= 4 is 11.8 Å². The molecule has 1 atom stereocenters. The molecule has 0 saturated heterocycles. The summed E-state index contributed by atoms with van der Waals surface area (Å²) >= 11 is 0. The predicted molar refractivity (Wildman–Crippen MR) is 126 cm³/mol. The second-order valence-corrected chi connectivity index (χ2v) is 9.66. The number of hydrogen-bond acceptors (Lipinski definition) is 5. The van der Waals surface area contributed by atoms with Gasteiger partial charge in [0.05, 0.1) is 24.7 Å². The molecular weight excluding hydrogens is 402 g/mol. The maximum Gasteiger partial charge on any atom is 0.336 e. The molecule has 0 saturated carbocycles. The number of para-hydroxylation sites is 1. The van der Waals surface area contributed by atoms with Gasteiger partial charge in [0, 0.05) is 29.0 Å². The molecule has 2 aliphatic rings. The van der Waals surface area contributed by atoms with Crippen molar-refractivity contribution in [3.05, 3.63) is 52.4 Å². The molecule has 1 aliphatic heterocycles. The first-order valence-corrected chi connectivity index (χ1v) is 11.9. The average molecular weight is 440 g/mol. The number of ketones is 1. The van der Waals surface area contributed by atoms with E-state index in [1.807, 2.05) is 31.2 Å². The second-order valence-electron chi connectivity index (χ2n) is 9.66. The molecule has 1 aromatic rings. The van der Waals surface area contributed by atoms with Crippen molar-refractivity contribution in [1.82, 2.24) is 5.32 Å². The van der Waals surface area contributed by atoms with Crippen LogP contribution in [0.1, 0.15) is 84.6 Å². The van der Waals surface area contributed by atoms with Gasteiger partial charge in [-0.1, -0.05) is 58.7 Å². The molecule has 5 heteroatoms. The minimum Gasteiger partial charge on any atom is -0.493 e. The molecule has 0 aromatic heterocycles. The van der Waals surface area contributed by atoms with Gasteiger partial charge in [-0.2, -0.15) is 0 Å². The molecule has 32 heavy (non-hydrogen) atoms. The normalized spacial score (nSPS) is 20.0. The Morgan fingerprint density at radius 3 is 2.50 bits per heavy atom. The molecule has 0 radical (unpaired) electrons. The monoisotopic (exact) mass is 439 g/mol. The molecule has 3 rings (SSSR count). The average Bonchev–Trinajstić information content (AvgIpc) is 2.72. The third kappa shape index (κ3) is 5.25. The van der Waals surface area contributed by atoms with Crippen LogP contribution in [0.25, 0.3) is 0 Å². The van der Waals surface area contributed by atoms with Crippen LogP contribution in [0.2, 0.25) is 0 Å². The van der Waals surface area contributed by atoms with Gasteiger partial charge in [0.1, 0.15) is 5.75 Å². The minimum atomic E-state index is -0.484. The number of ether oxygens (including phenoxy) is 2. The Labute approximate surface area is 192 Å². The molecule has 174 valence electrons. The molecule has 1 heterocycles. The molecule has 0 spiro atoms. The van der Waals surface area contributed by atoms with Crippen molar-refractivity contribution in [2.24, 2.45) is 5.41 Å². The smallest absolute Gasteiger partial charge is 0.336 e. The van der Waals surface area contributed by atoms with Gasteiger partial charge >= 0.3 is 5.97 Å². The van der Waals surface area contributed by atoms with Gasteiger partial charge in [-0.3, -0.25) is 4.79 Å². The third-order valence-electron chi connectivity index (χ3n) is 6.18. The van der Waals surface area contributed by atoms with Gasteiger partial charge < -0.3 is 14.8 Å². The van der Waals surface area contributed by atoms with E-state index >= 15 is 0 Å². The van der Waals surface area contributed by atoms with Crippen molar-refractivity contribution in [2.45, 2.75) is 79.1 Å². The van der Waals surface area contributed by atoms with E-state index < -0.39 is 5.92 Å². The van der Waals surface area contributed by atoms with Crippen LogP contribution < -0.4 is 10.1 Å². The van der Waals surface area contributed by atoms with Crippen LogP contribution >= 0.6 is 0 Å². The summed E-state index contributed by atoms with van der Waals surface area (Å²) in [7, 11) is 0.